The van der Waals surface area contributed by atoms with Gasteiger partial charge in [-0.3, -0.25) is 14.5 Å². The van der Waals surface area contributed by atoms with E-state index in [0.29, 0.717) is 33.7 Å². The molecule has 3 aromatic rings. The van der Waals surface area contributed by atoms with Crippen molar-refractivity contribution >= 4 is 57.2 Å². The standard InChI is InChI=1S/C27H21ClF2N6O2S2/c1-13-8-9-14(29)10-18(13)33-21(38)12-39-27-35-34-26(40-27)36-19-6-3-7-20(37)24(19)22(15(11-31)25(36)32)23-16(28)4-2-5-17(23)30/h2,4-5,8-10,22H,3,6-7,12,32H2,1H3,(H,33,38). The summed E-state index contributed by atoms with van der Waals surface area (Å²) in [4.78, 5) is 27.2. The van der Waals surface area contributed by atoms with Crippen LogP contribution in [0.3, 0.4) is 0 Å². The molecule has 1 unspecified atom stereocenters. The maximum absolute atomic E-state index is 15.0. The number of nitrogens with two attached hydrogens (primary N) is 1. The van der Waals surface area contributed by atoms with Gasteiger partial charge >= 0.3 is 0 Å². The third kappa shape index (κ3) is 5.20. The van der Waals surface area contributed by atoms with Crippen LogP contribution in [0, 0.1) is 29.9 Å². The number of hydrogen-bond acceptors (Lipinski definition) is 9. The number of benzene rings is 2. The number of amides is 1. The van der Waals surface area contributed by atoms with Gasteiger partial charge < -0.3 is 11.1 Å². The lowest BCUT2D eigenvalue weighted by atomic mass is 9.75. The quantitative estimate of drug-likeness (QED) is 0.340. The summed E-state index contributed by atoms with van der Waals surface area (Å²) in [5.74, 6) is -2.73. The fraction of sp³-hybridized carbons (Fsp3) is 0.222. The molecule has 5 rings (SSSR count). The monoisotopic (exact) mass is 598 g/mol. The Labute approximate surface area is 241 Å². The van der Waals surface area contributed by atoms with Crippen molar-refractivity contribution in [2.75, 3.05) is 16.0 Å². The number of halogens is 3. The Morgan fingerprint density at radius 1 is 1.30 bits per heavy atom. The Hall–Kier alpha value is -3.79. The average Bonchev–Trinajstić information content (AvgIpc) is 3.38. The van der Waals surface area contributed by atoms with Gasteiger partial charge in [0, 0.05) is 34.0 Å². The number of ketones is 1. The summed E-state index contributed by atoms with van der Waals surface area (Å²) >= 11 is 8.61. The largest absolute Gasteiger partial charge is 0.384 e. The van der Waals surface area contributed by atoms with Gasteiger partial charge in [0.05, 0.1) is 23.3 Å². The number of aryl methyl sites for hydroxylation is 1. The van der Waals surface area contributed by atoms with Crippen molar-refractivity contribution in [1.82, 2.24) is 10.2 Å². The Kier molecular flexibility index (Phi) is 7.89. The number of nitriles is 1. The molecule has 0 saturated heterocycles. The van der Waals surface area contributed by atoms with Crippen molar-refractivity contribution in [3.63, 3.8) is 0 Å². The lowest BCUT2D eigenvalue weighted by Gasteiger charge is -2.38. The first-order valence-corrected chi connectivity index (χ1v) is 14.3. The number of nitrogens with zero attached hydrogens (tertiary/aromatic N) is 4. The molecule has 1 atom stereocenters. The number of carbonyl (C=O) groups is 2. The first-order valence-electron chi connectivity index (χ1n) is 12.1. The van der Waals surface area contributed by atoms with Crippen LogP contribution in [0.1, 0.15) is 36.3 Å². The number of aromatic nitrogens is 2. The highest BCUT2D eigenvalue weighted by Gasteiger charge is 2.43. The molecule has 2 aliphatic rings. The fourth-order valence-corrected chi connectivity index (χ4v) is 6.73. The van der Waals surface area contributed by atoms with E-state index in [9.17, 15) is 19.2 Å². The zero-order valence-electron chi connectivity index (χ0n) is 21.0. The molecule has 8 nitrogen and oxygen atoms in total. The second-order valence-corrected chi connectivity index (χ2v) is 11.7. The lowest BCUT2D eigenvalue weighted by molar-refractivity contribution is -0.116. The highest BCUT2D eigenvalue weighted by atomic mass is 35.5. The van der Waals surface area contributed by atoms with E-state index in [-0.39, 0.29) is 51.4 Å². The second kappa shape index (κ2) is 11.4. The van der Waals surface area contributed by atoms with E-state index >= 15 is 4.39 Å². The van der Waals surface area contributed by atoms with Gasteiger partial charge in [0.2, 0.25) is 11.0 Å². The Morgan fingerprint density at radius 3 is 2.85 bits per heavy atom. The third-order valence-electron chi connectivity index (χ3n) is 6.59. The number of anilines is 2. The van der Waals surface area contributed by atoms with Gasteiger partial charge in [0.25, 0.3) is 0 Å². The van der Waals surface area contributed by atoms with Crippen LogP contribution in [0.15, 0.2) is 63.4 Å². The van der Waals surface area contributed by atoms with E-state index in [2.05, 4.69) is 21.6 Å². The first-order chi connectivity index (χ1) is 19.2. The summed E-state index contributed by atoms with van der Waals surface area (Å²) in [5, 5.41) is 21.5. The van der Waals surface area contributed by atoms with E-state index in [1.165, 1.54) is 35.2 Å². The van der Waals surface area contributed by atoms with Crippen molar-refractivity contribution < 1.29 is 18.4 Å². The van der Waals surface area contributed by atoms with Gasteiger partial charge in [-0.2, -0.15) is 5.26 Å². The smallest absolute Gasteiger partial charge is 0.234 e. The average molecular weight is 599 g/mol. The molecule has 2 aromatic carbocycles. The number of allylic oxidation sites excluding steroid dienone is 3. The van der Waals surface area contributed by atoms with Crippen LogP contribution in [-0.4, -0.2) is 27.6 Å². The number of Topliss-reactive ketones (excluding diaryl/α,β-unsaturated/α-hetero) is 1. The molecule has 0 saturated carbocycles. The predicted octanol–water partition coefficient (Wildman–Crippen LogP) is 5.81. The number of nitrogens with one attached hydrogen (secondary N) is 1. The summed E-state index contributed by atoms with van der Waals surface area (Å²) in [6.07, 6.45) is 1.23. The molecule has 1 amide bonds. The molecule has 1 aliphatic heterocycles. The van der Waals surface area contributed by atoms with E-state index in [4.69, 9.17) is 17.3 Å². The van der Waals surface area contributed by atoms with Gasteiger partial charge in [-0.05, 0) is 49.6 Å². The molecular weight excluding hydrogens is 578 g/mol. The third-order valence-corrected chi connectivity index (χ3v) is 8.96. The number of carbonyl (C=O) groups excluding carboxylic acids is 2. The minimum atomic E-state index is -1.05. The summed E-state index contributed by atoms with van der Waals surface area (Å²) in [5.41, 5.74) is 8.39. The molecule has 1 aromatic heterocycles. The van der Waals surface area contributed by atoms with E-state index in [0.717, 1.165) is 28.7 Å². The summed E-state index contributed by atoms with van der Waals surface area (Å²) in [6, 6.07) is 10.4. The van der Waals surface area contributed by atoms with E-state index in [1.54, 1.807) is 13.0 Å². The van der Waals surface area contributed by atoms with Crippen LogP contribution in [0.4, 0.5) is 19.6 Å². The van der Waals surface area contributed by atoms with Gasteiger partial charge in [-0.1, -0.05) is 46.8 Å². The molecular formula is C27H21ClF2N6O2S2. The van der Waals surface area contributed by atoms with Crippen molar-refractivity contribution in [1.29, 1.82) is 5.26 Å². The summed E-state index contributed by atoms with van der Waals surface area (Å²) < 4.78 is 29.0. The molecule has 40 heavy (non-hydrogen) atoms. The van der Waals surface area contributed by atoms with Crippen LogP contribution in [0.5, 0.6) is 0 Å². The topological polar surface area (TPSA) is 125 Å². The minimum absolute atomic E-state index is 0.00675. The van der Waals surface area contributed by atoms with Crippen LogP contribution < -0.4 is 16.0 Å². The lowest BCUT2D eigenvalue weighted by Crippen LogP contribution is -2.39. The molecule has 0 radical (unpaired) electrons. The summed E-state index contributed by atoms with van der Waals surface area (Å²) in [6.45, 7) is 1.76. The SMILES string of the molecule is Cc1ccc(F)cc1NC(=O)CSc1nnc(N2C(N)=C(C#N)C(c3c(F)cccc3Cl)C3=C2CCCC3=O)s1. The molecule has 3 N–H and O–H groups in total. The molecule has 0 spiro atoms. The molecule has 204 valence electrons. The molecule has 0 fully saturated rings. The van der Waals surface area contributed by atoms with Crippen LogP contribution in [0.2, 0.25) is 5.02 Å². The number of hydrogen-bond donors (Lipinski definition) is 2. The minimum Gasteiger partial charge on any atom is -0.384 e. The van der Waals surface area contributed by atoms with Gasteiger partial charge in [-0.15, -0.1) is 10.2 Å². The molecule has 13 heteroatoms. The van der Waals surface area contributed by atoms with Crippen molar-refractivity contribution in [2.24, 2.45) is 5.73 Å². The van der Waals surface area contributed by atoms with Crippen molar-refractivity contribution in [3.8, 4) is 6.07 Å². The van der Waals surface area contributed by atoms with E-state index < -0.39 is 17.6 Å². The van der Waals surface area contributed by atoms with Crippen LogP contribution in [-0.2, 0) is 9.59 Å². The Morgan fingerprint density at radius 2 is 2.10 bits per heavy atom. The maximum atomic E-state index is 15.0. The highest BCUT2D eigenvalue weighted by Crippen LogP contribution is 2.48. The summed E-state index contributed by atoms with van der Waals surface area (Å²) in [7, 11) is 0. The predicted molar refractivity (Wildman–Crippen MR) is 150 cm³/mol. The zero-order valence-corrected chi connectivity index (χ0v) is 23.4. The maximum Gasteiger partial charge on any atom is 0.234 e. The van der Waals surface area contributed by atoms with Crippen LogP contribution in [0.25, 0.3) is 0 Å². The molecule has 1 aliphatic carbocycles. The van der Waals surface area contributed by atoms with Gasteiger partial charge in [0.1, 0.15) is 17.5 Å². The highest BCUT2D eigenvalue weighted by molar-refractivity contribution is 8.01. The number of thioether (sulfide) groups is 1. The normalized spacial score (nSPS) is 17.1. The van der Waals surface area contributed by atoms with Gasteiger partial charge in [0.15, 0.2) is 10.1 Å². The molecule has 0 bridgehead atoms. The van der Waals surface area contributed by atoms with Crippen molar-refractivity contribution in [2.45, 2.75) is 36.4 Å². The van der Waals surface area contributed by atoms with Gasteiger partial charge in [-0.25, -0.2) is 8.78 Å². The van der Waals surface area contributed by atoms with E-state index in [1.807, 2.05) is 0 Å². The Bertz CT molecular complexity index is 1630. The van der Waals surface area contributed by atoms with Crippen LogP contribution >= 0.6 is 34.7 Å². The fourth-order valence-electron chi connectivity index (χ4n) is 4.77. The first kappa shape index (κ1) is 27.8. The Balaban J connectivity index is 1.44. The second-order valence-electron chi connectivity index (χ2n) is 9.10. The zero-order chi connectivity index (χ0) is 28.6. The number of rotatable bonds is 6. The van der Waals surface area contributed by atoms with Crippen molar-refractivity contribution in [3.05, 3.63) is 86.8 Å². The molecule has 2 heterocycles.